The van der Waals surface area contributed by atoms with E-state index < -0.39 is 0 Å². The summed E-state index contributed by atoms with van der Waals surface area (Å²) in [7, 11) is 0. The first-order valence-corrected chi connectivity index (χ1v) is 9.22. The highest BCUT2D eigenvalue weighted by molar-refractivity contribution is 9.09. The van der Waals surface area contributed by atoms with Crippen molar-refractivity contribution in [2.24, 2.45) is 0 Å². The second kappa shape index (κ2) is 7.90. The molecule has 0 spiro atoms. The van der Waals surface area contributed by atoms with E-state index in [1.54, 1.807) is 0 Å². The lowest BCUT2D eigenvalue weighted by atomic mass is 10.0. The molecular formula is C18H21BrS. The molecule has 0 aliphatic heterocycles. The van der Waals surface area contributed by atoms with Crippen LogP contribution in [0, 0.1) is 13.8 Å². The zero-order chi connectivity index (χ0) is 14.4. The van der Waals surface area contributed by atoms with Crippen LogP contribution in [-0.2, 0) is 5.75 Å². The van der Waals surface area contributed by atoms with Crippen molar-refractivity contribution in [2.75, 3.05) is 11.1 Å². The van der Waals surface area contributed by atoms with Gasteiger partial charge in [-0.25, -0.2) is 0 Å². The third kappa shape index (κ3) is 4.68. The summed E-state index contributed by atoms with van der Waals surface area (Å²) in [5.41, 5.74) is 5.59. The third-order valence-electron chi connectivity index (χ3n) is 3.33. The van der Waals surface area contributed by atoms with Crippen molar-refractivity contribution in [3.8, 4) is 0 Å². The topological polar surface area (TPSA) is 0 Å². The summed E-state index contributed by atoms with van der Waals surface area (Å²) in [4.78, 5) is 0. The molecule has 0 fully saturated rings. The van der Waals surface area contributed by atoms with Crippen molar-refractivity contribution in [1.29, 1.82) is 0 Å². The zero-order valence-electron chi connectivity index (χ0n) is 12.1. The summed E-state index contributed by atoms with van der Waals surface area (Å²) < 4.78 is 0. The molecule has 1 unspecified atom stereocenters. The van der Waals surface area contributed by atoms with Crippen molar-refractivity contribution in [2.45, 2.75) is 25.5 Å². The van der Waals surface area contributed by atoms with Gasteiger partial charge in [0.2, 0.25) is 0 Å². The van der Waals surface area contributed by atoms with Gasteiger partial charge in [-0.05, 0) is 25.0 Å². The Bertz CT molecular complexity index is 516. The molecule has 2 heteroatoms. The van der Waals surface area contributed by atoms with Gasteiger partial charge in [0.15, 0.2) is 0 Å². The van der Waals surface area contributed by atoms with E-state index in [1.165, 1.54) is 22.3 Å². The highest BCUT2D eigenvalue weighted by Crippen LogP contribution is 2.25. The molecular weight excluding hydrogens is 328 g/mol. The molecule has 0 aromatic heterocycles. The molecule has 2 rings (SSSR count). The van der Waals surface area contributed by atoms with E-state index in [-0.39, 0.29) is 0 Å². The van der Waals surface area contributed by atoms with Crippen LogP contribution in [-0.4, -0.2) is 11.1 Å². The highest BCUT2D eigenvalue weighted by atomic mass is 79.9. The molecule has 1 atom stereocenters. The number of benzene rings is 2. The normalized spacial score (nSPS) is 12.3. The zero-order valence-corrected chi connectivity index (χ0v) is 14.5. The lowest BCUT2D eigenvalue weighted by molar-refractivity contribution is 0.902. The van der Waals surface area contributed by atoms with Crippen molar-refractivity contribution >= 4 is 27.7 Å². The first kappa shape index (κ1) is 15.7. The van der Waals surface area contributed by atoms with E-state index in [9.17, 15) is 0 Å². The lowest BCUT2D eigenvalue weighted by Crippen LogP contribution is -2.03. The molecule has 106 valence electrons. The molecule has 0 N–H and O–H groups in total. The monoisotopic (exact) mass is 348 g/mol. The molecule has 0 amide bonds. The van der Waals surface area contributed by atoms with Gasteiger partial charge in [-0.15, -0.1) is 0 Å². The van der Waals surface area contributed by atoms with Crippen LogP contribution in [0.2, 0.25) is 0 Å². The van der Waals surface area contributed by atoms with Crippen molar-refractivity contribution in [1.82, 2.24) is 0 Å². The Balaban J connectivity index is 1.91. The molecule has 20 heavy (non-hydrogen) atoms. The Morgan fingerprint density at radius 2 is 1.65 bits per heavy atom. The second-order valence-electron chi connectivity index (χ2n) is 5.27. The van der Waals surface area contributed by atoms with Crippen LogP contribution in [0.1, 0.15) is 28.2 Å². The van der Waals surface area contributed by atoms with Gasteiger partial charge in [0, 0.05) is 22.8 Å². The number of rotatable bonds is 6. The van der Waals surface area contributed by atoms with Crippen LogP contribution in [0.15, 0.2) is 48.5 Å². The molecule has 2 aromatic carbocycles. The van der Waals surface area contributed by atoms with Crippen molar-refractivity contribution < 1.29 is 0 Å². The molecule has 2 aromatic rings. The molecule has 0 radical (unpaired) electrons. The molecule has 0 saturated carbocycles. The van der Waals surface area contributed by atoms with Gasteiger partial charge in [0.25, 0.3) is 0 Å². The van der Waals surface area contributed by atoms with Crippen LogP contribution in [0.3, 0.4) is 0 Å². The molecule has 0 nitrogen and oxygen atoms in total. The minimum atomic E-state index is 0.590. The van der Waals surface area contributed by atoms with Crippen LogP contribution in [0.4, 0.5) is 0 Å². The van der Waals surface area contributed by atoms with Crippen LogP contribution in [0.25, 0.3) is 0 Å². The maximum Gasteiger partial charge on any atom is 0.0184 e. The summed E-state index contributed by atoms with van der Waals surface area (Å²) in [5.74, 6) is 2.84. The minimum Gasteiger partial charge on any atom is -0.157 e. The Morgan fingerprint density at radius 1 is 1.00 bits per heavy atom. The largest absolute Gasteiger partial charge is 0.157 e. The fraction of sp³-hybridized carbons (Fsp3) is 0.333. The number of alkyl halides is 1. The first-order chi connectivity index (χ1) is 9.69. The standard InChI is InChI=1S/C18H21BrS/c1-14-8-15(2)10-16(9-14)12-20-13-18(11-19)17-6-4-3-5-7-17/h3-10,18H,11-13H2,1-2H3. The summed E-state index contributed by atoms with van der Waals surface area (Å²) in [6.07, 6.45) is 0. The fourth-order valence-corrected chi connectivity index (χ4v) is 4.45. The average molecular weight is 349 g/mol. The van der Waals surface area contributed by atoms with Crippen molar-refractivity contribution in [3.63, 3.8) is 0 Å². The summed E-state index contributed by atoms with van der Waals surface area (Å²) in [6, 6.07) is 17.6. The first-order valence-electron chi connectivity index (χ1n) is 6.95. The Kier molecular flexibility index (Phi) is 6.18. The maximum absolute atomic E-state index is 3.65. The SMILES string of the molecule is Cc1cc(C)cc(CSCC(CBr)c2ccccc2)c1. The van der Waals surface area contributed by atoms with Crippen LogP contribution < -0.4 is 0 Å². The average Bonchev–Trinajstić information content (AvgIpc) is 2.43. The van der Waals surface area contributed by atoms with Gasteiger partial charge in [-0.3, -0.25) is 0 Å². The molecule has 0 aliphatic carbocycles. The number of halogens is 1. The molecule has 0 heterocycles. The summed E-state index contributed by atoms with van der Waals surface area (Å²) in [5, 5.41) is 1.02. The van der Waals surface area contributed by atoms with Gasteiger partial charge in [-0.2, -0.15) is 11.8 Å². The smallest absolute Gasteiger partial charge is 0.0184 e. The van der Waals surface area contributed by atoms with Crippen molar-refractivity contribution in [3.05, 3.63) is 70.8 Å². The second-order valence-corrected chi connectivity index (χ2v) is 6.95. The molecule has 0 bridgehead atoms. The minimum absolute atomic E-state index is 0.590. The third-order valence-corrected chi connectivity index (χ3v) is 5.28. The van der Waals surface area contributed by atoms with Gasteiger partial charge in [0.05, 0.1) is 0 Å². The number of hydrogen-bond acceptors (Lipinski definition) is 1. The van der Waals surface area contributed by atoms with E-state index in [4.69, 9.17) is 0 Å². The van der Waals surface area contributed by atoms with E-state index in [1.807, 2.05) is 11.8 Å². The Labute approximate surface area is 135 Å². The Hall–Kier alpha value is -0.730. The number of thioether (sulfide) groups is 1. The summed E-state index contributed by atoms with van der Waals surface area (Å²) in [6.45, 7) is 4.35. The highest BCUT2D eigenvalue weighted by Gasteiger charge is 2.09. The lowest BCUT2D eigenvalue weighted by Gasteiger charge is -2.14. The van der Waals surface area contributed by atoms with Gasteiger partial charge >= 0.3 is 0 Å². The van der Waals surface area contributed by atoms with Gasteiger partial charge in [0.1, 0.15) is 0 Å². The van der Waals surface area contributed by atoms with E-state index in [2.05, 4.69) is 78.3 Å². The van der Waals surface area contributed by atoms with E-state index in [0.29, 0.717) is 5.92 Å². The van der Waals surface area contributed by atoms with E-state index >= 15 is 0 Å². The molecule has 0 saturated heterocycles. The Morgan fingerprint density at radius 3 is 2.25 bits per heavy atom. The summed E-state index contributed by atoms with van der Waals surface area (Å²) >= 11 is 5.67. The molecule has 0 aliphatic rings. The maximum atomic E-state index is 3.65. The quantitative estimate of drug-likeness (QED) is 0.602. The fourth-order valence-electron chi connectivity index (χ4n) is 2.43. The van der Waals surface area contributed by atoms with Gasteiger partial charge < -0.3 is 0 Å². The van der Waals surface area contributed by atoms with Gasteiger partial charge in [-0.1, -0.05) is 75.6 Å². The predicted octanol–water partition coefficient (Wildman–Crippen LogP) is 5.72. The number of hydrogen-bond donors (Lipinski definition) is 0. The van der Waals surface area contributed by atoms with E-state index in [0.717, 1.165) is 16.8 Å². The van der Waals surface area contributed by atoms with Crippen LogP contribution in [0.5, 0.6) is 0 Å². The number of aryl methyl sites for hydroxylation is 2. The predicted molar refractivity (Wildman–Crippen MR) is 95.1 cm³/mol. The van der Waals surface area contributed by atoms with Crippen LogP contribution >= 0.6 is 27.7 Å².